The zero-order valence-electron chi connectivity index (χ0n) is 15.4. The Labute approximate surface area is 155 Å². The second kappa shape index (κ2) is 9.39. The van der Waals surface area contributed by atoms with E-state index in [2.05, 4.69) is 12.1 Å². The lowest BCUT2D eigenvalue weighted by Gasteiger charge is -2.32. The van der Waals surface area contributed by atoms with Gasteiger partial charge in [-0.1, -0.05) is 30.3 Å². The van der Waals surface area contributed by atoms with Crippen molar-refractivity contribution in [2.75, 3.05) is 26.3 Å². The van der Waals surface area contributed by atoms with E-state index in [4.69, 9.17) is 9.47 Å². The number of nitrogens with zero attached hydrogens (tertiary/aromatic N) is 1. The summed E-state index contributed by atoms with van der Waals surface area (Å²) < 4.78 is 11.3. The molecule has 1 amide bonds. The molecular formula is C22H27NO3. The quantitative estimate of drug-likeness (QED) is 0.750. The Balaban J connectivity index is 1.42. The highest BCUT2D eigenvalue weighted by Gasteiger charge is 2.23. The van der Waals surface area contributed by atoms with Crippen LogP contribution in [-0.2, 0) is 11.3 Å². The predicted octanol–water partition coefficient (Wildman–Crippen LogP) is 4.15. The molecule has 1 fully saturated rings. The van der Waals surface area contributed by atoms with E-state index in [1.165, 1.54) is 5.56 Å². The Hall–Kier alpha value is -2.33. The minimum absolute atomic E-state index is 0.108. The van der Waals surface area contributed by atoms with Crippen LogP contribution in [0.25, 0.3) is 0 Å². The first kappa shape index (κ1) is 18.5. The van der Waals surface area contributed by atoms with E-state index < -0.39 is 0 Å². The van der Waals surface area contributed by atoms with Crippen LogP contribution in [0.3, 0.4) is 0 Å². The summed E-state index contributed by atoms with van der Waals surface area (Å²) >= 11 is 0. The van der Waals surface area contributed by atoms with E-state index in [0.717, 1.165) is 43.9 Å². The molecule has 0 bridgehead atoms. The molecule has 1 aliphatic heterocycles. The number of carbonyl (C=O) groups excluding carboxylic acids is 1. The number of ether oxygens (including phenoxy) is 2. The molecule has 4 heteroatoms. The molecule has 2 aromatic carbocycles. The van der Waals surface area contributed by atoms with Gasteiger partial charge in [-0.2, -0.15) is 0 Å². The number of likely N-dealkylation sites (tertiary alicyclic amines) is 1. The van der Waals surface area contributed by atoms with Crippen molar-refractivity contribution in [3.8, 4) is 5.75 Å². The van der Waals surface area contributed by atoms with Gasteiger partial charge < -0.3 is 14.4 Å². The van der Waals surface area contributed by atoms with Gasteiger partial charge in [-0.05, 0) is 55.5 Å². The molecule has 0 aliphatic carbocycles. The maximum absolute atomic E-state index is 12.6. The fourth-order valence-electron chi connectivity index (χ4n) is 3.26. The van der Waals surface area contributed by atoms with Crippen LogP contribution in [0, 0.1) is 5.92 Å². The summed E-state index contributed by atoms with van der Waals surface area (Å²) in [5.41, 5.74) is 1.93. The summed E-state index contributed by atoms with van der Waals surface area (Å²) in [6.45, 7) is 5.60. The first-order valence-corrected chi connectivity index (χ1v) is 9.40. The largest absolute Gasteiger partial charge is 0.494 e. The van der Waals surface area contributed by atoms with Gasteiger partial charge in [-0.3, -0.25) is 4.79 Å². The van der Waals surface area contributed by atoms with E-state index >= 15 is 0 Å². The summed E-state index contributed by atoms with van der Waals surface area (Å²) in [4.78, 5) is 14.6. The molecule has 138 valence electrons. The molecule has 0 atom stereocenters. The second-order valence-corrected chi connectivity index (χ2v) is 6.69. The highest BCUT2D eigenvalue weighted by molar-refractivity contribution is 5.94. The molecule has 0 N–H and O–H groups in total. The Kier molecular flexibility index (Phi) is 6.67. The second-order valence-electron chi connectivity index (χ2n) is 6.69. The molecule has 1 saturated heterocycles. The van der Waals surface area contributed by atoms with Crippen LogP contribution in [0.5, 0.6) is 5.75 Å². The van der Waals surface area contributed by atoms with Gasteiger partial charge in [0.2, 0.25) is 0 Å². The summed E-state index contributed by atoms with van der Waals surface area (Å²) in [7, 11) is 0. The maximum Gasteiger partial charge on any atom is 0.253 e. The fraction of sp³-hybridized carbons (Fsp3) is 0.409. The van der Waals surface area contributed by atoms with E-state index in [9.17, 15) is 4.79 Å². The molecule has 1 aliphatic rings. The summed E-state index contributed by atoms with van der Waals surface area (Å²) in [6.07, 6.45) is 2.00. The van der Waals surface area contributed by atoms with E-state index in [1.54, 1.807) is 0 Å². The average Bonchev–Trinajstić information content (AvgIpc) is 2.70. The molecular weight excluding hydrogens is 326 g/mol. The molecule has 2 aromatic rings. The SMILES string of the molecule is CCOc1ccc(C(=O)N2CCC(COCc3ccccc3)CC2)cc1. The van der Waals surface area contributed by atoms with Crippen molar-refractivity contribution < 1.29 is 14.3 Å². The number of hydrogen-bond acceptors (Lipinski definition) is 3. The van der Waals surface area contributed by atoms with Crippen LogP contribution in [0.15, 0.2) is 54.6 Å². The van der Waals surface area contributed by atoms with Crippen molar-refractivity contribution in [3.05, 3.63) is 65.7 Å². The van der Waals surface area contributed by atoms with Gasteiger partial charge in [0.05, 0.1) is 13.2 Å². The van der Waals surface area contributed by atoms with Gasteiger partial charge in [0, 0.05) is 25.3 Å². The molecule has 0 radical (unpaired) electrons. The zero-order chi connectivity index (χ0) is 18.2. The van der Waals surface area contributed by atoms with Gasteiger partial charge in [0.25, 0.3) is 5.91 Å². The topological polar surface area (TPSA) is 38.8 Å². The first-order chi connectivity index (χ1) is 12.8. The smallest absolute Gasteiger partial charge is 0.253 e. The first-order valence-electron chi connectivity index (χ1n) is 9.40. The number of benzene rings is 2. The van der Waals surface area contributed by atoms with Crippen LogP contribution in [0.2, 0.25) is 0 Å². The van der Waals surface area contributed by atoms with Gasteiger partial charge in [0.15, 0.2) is 0 Å². The fourth-order valence-corrected chi connectivity index (χ4v) is 3.26. The van der Waals surface area contributed by atoms with Crippen LogP contribution < -0.4 is 4.74 Å². The van der Waals surface area contributed by atoms with Crippen LogP contribution in [0.1, 0.15) is 35.7 Å². The van der Waals surface area contributed by atoms with E-state index in [0.29, 0.717) is 19.1 Å². The Bertz CT molecular complexity index is 676. The molecule has 0 spiro atoms. The molecule has 0 saturated carbocycles. The minimum Gasteiger partial charge on any atom is -0.494 e. The maximum atomic E-state index is 12.6. The lowest BCUT2D eigenvalue weighted by atomic mass is 9.97. The Morgan fingerprint density at radius 3 is 2.38 bits per heavy atom. The lowest BCUT2D eigenvalue weighted by molar-refractivity contribution is 0.0478. The highest BCUT2D eigenvalue weighted by Crippen LogP contribution is 2.21. The van der Waals surface area contributed by atoms with Crippen molar-refractivity contribution >= 4 is 5.91 Å². The number of rotatable bonds is 7. The van der Waals surface area contributed by atoms with Crippen molar-refractivity contribution in [2.45, 2.75) is 26.4 Å². The van der Waals surface area contributed by atoms with Crippen molar-refractivity contribution in [2.24, 2.45) is 5.92 Å². The average molecular weight is 353 g/mol. The summed E-state index contributed by atoms with van der Waals surface area (Å²) in [5.74, 6) is 1.44. The standard InChI is InChI=1S/C22H27NO3/c1-2-26-21-10-8-20(9-11-21)22(24)23-14-12-19(13-15-23)17-25-16-18-6-4-3-5-7-18/h3-11,19H,2,12-17H2,1H3. The molecule has 26 heavy (non-hydrogen) atoms. The minimum atomic E-state index is 0.108. The third-order valence-corrected chi connectivity index (χ3v) is 4.78. The van der Waals surface area contributed by atoms with Gasteiger partial charge in [-0.25, -0.2) is 0 Å². The van der Waals surface area contributed by atoms with Gasteiger partial charge >= 0.3 is 0 Å². The lowest BCUT2D eigenvalue weighted by Crippen LogP contribution is -2.39. The van der Waals surface area contributed by atoms with Crippen molar-refractivity contribution in [1.82, 2.24) is 4.90 Å². The summed E-state index contributed by atoms with van der Waals surface area (Å²) in [6, 6.07) is 17.7. The molecule has 4 nitrogen and oxygen atoms in total. The van der Waals surface area contributed by atoms with E-state index in [-0.39, 0.29) is 5.91 Å². The monoisotopic (exact) mass is 353 g/mol. The van der Waals surface area contributed by atoms with Crippen LogP contribution in [0.4, 0.5) is 0 Å². The van der Waals surface area contributed by atoms with Gasteiger partial charge in [0.1, 0.15) is 5.75 Å². The van der Waals surface area contributed by atoms with Crippen molar-refractivity contribution in [3.63, 3.8) is 0 Å². The summed E-state index contributed by atoms with van der Waals surface area (Å²) in [5, 5.41) is 0. The molecule has 1 heterocycles. The van der Waals surface area contributed by atoms with Crippen LogP contribution in [-0.4, -0.2) is 37.1 Å². The van der Waals surface area contributed by atoms with Crippen molar-refractivity contribution in [1.29, 1.82) is 0 Å². The number of amides is 1. The number of piperidine rings is 1. The third kappa shape index (κ3) is 5.09. The molecule has 0 aromatic heterocycles. The van der Waals surface area contributed by atoms with Crippen LogP contribution >= 0.6 is 0 Å². The Morgan fingerprint density at radius 2 is 1.73 bits per heavy atom. The molecule has 3 rings (SSSR count). The van der Waals surface area contributed by atoms with Gasteiger partial charge in [-0.15, -0.1) is 0 Å². The Morgan fingerprint density at radius 1 is 1.04 bits per heavy atom. The predicted molar refractivity (Wildman–Crippen MR) is 102 cm³/mol. The highest BCUT2D eigenvalue weighted by atomic mass is 16.5. The zero-order valence-corrected chi connectivity index (χ0v) is 15.4. The van der Waals surface area contributed by atoms with E-state index in [1.807, 2.05) is 54.3 Å². The third-order valence-electron chi connectivity index (χ3n) is 4.78. The molecule has 0 unspecified atom stereocenters. The number of carbonyl (C=O) groups is 1. The normalized spacial score (nSPS) is 15.0. The number of hydrogen-bond donors (Lipinski definition) is 0.